The van der Waals surface area contributed by atoms with Gasteiger partial charge in [-0.3, -0.25) is 24.5 Å². The number of amides is 1. The smallest absolute Gasteiger partial charge is 0.326 e. The van der Waals surface area contributed by atoms with Crippen LogP contribution < -0.4 is 15.4 Å². The summed E-state index contributed by atoms with van der Waals surface area (Å²) >= 11 is 0. The summed E-state index contributed by atoms with van der Waals surface area (Å²) in [4.78, 5) is 56.3. The van der Waals surface area contributed by atoms with Gasteiger partial charge in [0, 0.05) is 49.4 Å². The first-order valence-corrected chi connectivity index (χ1v) is 18.3. The molecule has 56 heavy (non-hydrogen) atoms. The molecule has 0 aliphatic carbocycles. The number of aliphatic carboxylic acids is 1. The summed E-state index contributed by atoms with van der Waals surface area (Å²) in [6, 6.07) is 21.1. The number of carbonyl (C=O) groups excluding carboxylic acids is 2. The van der Waals surface area contributed by atoms with Crippen LogP contribution in [0, 0.1) is 25.2 Å². The molecule has 1 aliphatic heterocycles. The van der Waals surface area contributed by atoms with Crippen LogP contribution in [0.15, 0.2) is 90.3 Å². The van der Waals surface area contributed by atoms with Gasteiger partial charge in [0.15, 0.2) is 5.78 Å². The van der Waals surface area contributed by atoms with Crippen molar-refractivity contribution >= 4 is 29.2 Å². The summed E-state index contributed by atoms with van der Waals surface area (Å²) in [5, 5.41) is 33.9. The Balaban J connectivity index is 1.22. The highest BCUT2D eigenvalue weighted by Crippen LogP contribution is 2.33. The standard InChI is InChI=1S/C43H41N7O6/c1-26-31(8-5-9-32(26)33-10-6-11-35(27(33)2)49-41(53)37-14-12-28(24-47-37)7-3-4-18-51)20-39(52)36-15-13-34(40-46-17-16-38(48-40)43(54)55)42(50-36)56-25-30-19-29(21-44)22-45-23-30/h5-6,8-15,19,22-24,38,51H,3-4,7,16-18,20,25H2,1-2H3,(H,46,48)(H,49,53)(H,54,55). The zero-order valence-electron chi connectivity index (χ0n) is 31.1. The van der Waals surface area contributed by atoms with Gasteiger partial charge in [-0.2, -0.15) is 5.26 Å². The number of benzene rings is 2. The van der Waals surface area contributed by atoms with Crippen molar-refractivity contribution in [3.05, 3.63) is 136 Å². The molecule has 0 saturated heterocycles. The number of aliphatic hydroxyl groups is 1. The topological polar surface area (TPSA) is 200 Å². The molecule has 4 heterocycles. The van der Waals surface area contributed by atoms with Crippen molar-refractivity contribution < 1.29 is 29.3 Å². The molecule has 1 amide bonds. The number of nitrogens with one attached hydrogen (secondary N) is 2. The highest BCUT2D eigenvalue weighted by atomic mass is 16.5. The van der Waals surface area contributed by atoms with Crippen LogP contribution >= 0.6 is 0 Å². The van der Waals surface area contributed by atoms with E-state index in [1.807, 2.05) is 62.4 Å². The number of aromatic nitrogens is 3. The van der Waals surface area contributed by atoms with Crippen molar-refractivity contribution in [1.29, 1.82) is 5.26 Å². The highest BCUT2D eigenvalue weighted by Gasteiger charge is 2.26. The van der Waals surface area contributed by atoms with Gasteiger partial charge < -0.3 is 25.6 Å². The number of pyridine rings is 3. The number of unbranched alkanes of at least 4 members (excludes halogenated alkanes) is 1. The number of ether oxygens (including phenoxy) is 1. The van der Waals surface area contributed by atoms with Gasteiger partial charge in [-0.25, -0.2) is 9.78 Å². The molecule has 0 saturated carbocycles. The Hall–Kier alpha value is -6.78. The lowest BCUT2D eigenvalue weighted by Crippen LogP contribution is -2.44. The maximum atomic E-state index is 13.9. The summed E-state index contributed by atoms with van der Waals surface area (Å²) in [6.45, 7) is 4.31. The molecule has 5 aromatic rings. The molecule has 13 nitrogen and oxygen atoms in total. The summed E-state index contributed by atoms with van der Waals surface area (Å²) in [5.74, 6) is -1.22. The molecule has 0 fully saturated rings. The fourth-order valence-corrected chi connectivity index (χ4v) is 6.43. The monoisotopic (exact) mass is 751 g/mol. The second-order valence-electron chi connectivity index (χ2n) is 13.4. The lowest BCUT2D eigenvalue weighted by Gasteiger charge is -2.22. The number of carboxylic acid groups (broad SMARTS) is 1. The van der Waals surface area contributed by atoms with Crippen LogP contribution in [0.25, 0.3) is 11.1 Å². The third-order valence-corrected chi connectivity index (χ3v) is 9.60. The van der Waals surface area contributed by atoms with E-state index in [1.54, 1.807) is 36.7 Å². The predicted molar refractivity (Wildman–Crippen MR) is 210 cm³/mol. The molecule has 6 rings (SSSR count). The Morgan fingerprint density at radius 1 is 0.929 bits per heavy atom. The van der Waals surface area contributed by atoms with Crippen LogP contribution in [0.5, 0.6) is 5.88 Å². The van der Waals surface area contributed by atoms with E-state index in [0.717, 1.165) is 46.2 Å². The highest BCUT2D eigenvalue weighted by molar-refractivity contribution is 6.05. The van der Waals surface area contributed by atoms with E-state index in [2.05, 4.69) is 30.6 Å². The van der Waals surface area contributed by atoms with E-state index >= 15 is 0 Å². The molecule has 0 bridgehead atoms. The third kappa shape index (κ3) is 9.29. The molecule has 0 radical (unpaired) electrons. The Morgan fingerprint density at radius 2 is 1.71 bits per heavy atom. The van der Waals surface area contributed by atoms with Crippen LogP contribution in [-0.4, -0.2) is 67.9 Å². The second-order valence-corrected chi connectivity index (χ2v) is 13.4. The number of rotatable bonds is 15. The summed E-state index contributed by atoms with van der Waals surface area (Å²) in [6.07, 6.45) is 7.39. The van der Waals surface area contributed by atoms with Crippen LogP contribution in [0.1, 0.15) is 79.2 Å². The maximum absolute atomic E-state index is 13.9. The predicted octanol–water partition coefficient (Wildman–Crippen LogP) is 5.79. The first kappa shape index (κ1) is 38.9. The van der Waals surface area contributed by atoms with Gasteiger partial charge in [-0.1, -0.05) is 36.4 Å². The normalized spacial score (nSPS) is 13.5. The molecule has 3 aromatic heterocycles. The SMILES string of the molecule is Cc1c(CC(=O)c2ccc(C3=NCCC(C(=O)O)N3)c(OCc3cncc(C#N)c3)n2)cccc1-c1cccc(NC(=O)c2ccc(CCCCO)cn2)c1C. The molecular formula is C43H41N7O6. The number of carbonyl (C=O) groups is 3. The van der Waals surface area contributed by atoms with Gasteiger partial charge in [0.1, 0.15) is 35.9 Å². The largest absolute Gasteiger partial charge is 0.480 e. The Morgan fingerprint density at radius 3 is 2.46 bits per heavy atom. The van der Waals surface area contributed by atoms with E-state index in [1.165, 1.54) is 6.20 Å². The number of ketones is 1. The number of anilines is 1. The van der Waals surface area contributed by atoms with Crippen molar-refractivity contribution in [2.75, 3.05) is 18.5 Å². The summed E-state index contributed by atoms with van der Waals surface area (Å²) in [5.41, 5.74) is 7.80. The number of nitriles is 1. The maximum Gasteiger partial charge on any atom is 0.326 e. The van der Waals surface area contributed by atoms with Crippen molar-refractivity contribution in [2.24, 2.45) is 4.99 Å². The van der Waals surface area contributed by atoms with Crippen molar-refractivity contribution in [3.8, 4) is 23.1 Å². The first-order valence-electron chi connectivity index (χ1n) is 18.3. The van der Waals surface area contributed by atoms with Crippen LogP contribution in [0.4, 0.5) is 5.69 Å². The first-order chi connectivity index (χ1) is 27.1. The van der Waals surface area contributed by atoms with Crippen molar-refractivity contribution in [3.63, 3.8) is 0 Å². The Labute approximate surface area is 324 Å². The molecule has 0 spiro atoms. The van der Waals surface area contributed by atoms with Gasteiger partial charge in [0.25, 0.3) is 5.91 Å². The molecule has 1 aliphatic rings. The van der Waals surface area contributed by atoms with Crippen LogP contribution in [0.3, 0.4) is 0 Å². The molecule has 4 N–H and O–H groups in total. The number of amidine groups is 1. The third-order valence-electron chi connectivity index (χ3n) is 9.60. The Bertz CT molecular complexity index is 2330. The number of aliphatic imine (C=N–C) groups is 1. The fraction of sp³-hybridized carbons (Fsp3) is 0.256. The average molecular weight is 752 g/mol. The van der Waals surface area contributed by atoms with E-state index in [9.17, 15) is 24.8 Å². The number of nitrogens with zero attached hydrogens (tertiary/aromatic N) is 5. The van der Waals surface area contributed by atoms with Crippen LogP contribution in [0.2, 0.25) is 0 Å². The summed E-state index contributed by atoms with van der Waals surface area (Å²) in [7, 11) is 0. The minimum absolute atomic E-state index is 0.00918. The molecule has 1 unspecified atom stereocenters. The minimum Gasteiger partial charge on any atom is -0.480 e. The number of aryl methyl sites for hydroxylation is 1. The number of hydrogen-bond donors (Lipinski definition) is 4. The van der Waals surface area contributed by atoms with Crippen molar-refractivity contribution in [1.82, 2.24) is 20.3 Å². The average Bonchev–Trinajstić information content (AvgIpc) is 3.22. The fourth-order valence-electron chi connectivity index (χ4n) is 6.43. The Kier molecular flexibility index (Phi) is 12.5. The lowest BCUT2D eigenvalue weighted by atomic mass is 9.91. The molecule has 13 heteroatoms. The van der Waals surface area contributed by atoms with E-state index in [-0.39, 0.29) is 49.4 Å². The van der Waals surface area contributed by atoms with Gasteiger partial charge in [0.05, 0.1) is 11.1 Å². The number of Topliss-reactive ketones (excluding diaryl/α,β-unsaturated/α-hetero) is 1. The zero-order chi connectivity index (χ0) is 39.6. The zero-order valence-corrected chi connectivity index (χ0v) is 31.1. The molecule has 2 aromatic carbocycles. The van der Waals surface area contributed by atoms with Crippen LogP contribution in [-0.2, 0) is 24.2 Å². The van der Waals surface area contributed by atoms with Crippen molar-refractivity contribution in [2.45, 2.75) is 58.6 Å². The number of hydrogen-bond acceptors (Lipinski definition) is 11. The van der Waals surface area contributed by atoms with Gasteiger partial charge in [0.2, 0.25) is 5.88 Å². The van der Waals surface area contributed by atoms with E-state index in [4.69, 9.17) is 9.84 Å². The quantitative estimate of drug-likeness (QED) is 0.0745. The van der Waals surface area contributed by atoms with E-state index < -0.39 is 12.0 Å². The number of aliphatic hydroxyl groups excluding tert-OH is 1. The van der Waals surface area contributed by atoms with Gasteiger partial charge >= 0.3 is 5.97 Å². The minimum atomic E-state index is -1.01. The number of carboxylic acids is 1. The van der Waals surface area contributed by atoms with E-state index in [0.29, 0.717) is 46.7 Å². The molecular weight excluding hydrogens is 711 g/mol. The summed E-state index contributed by atoms with van der Waals surface area (Å²) < 4.78 is 6.09. The second kappa shape index (κ2) is 18.0. The molecule has 284 valence electrons. The molecule has 1 atom stereocenters. The van der Waals surface area contributed by atoms with Gasteiger partial charge in [-0.05, 0) is 103 Å². The van der Waals surface area contributed by atoms with Gasteiger partial charge in [-0.15, -0.1) is 0 Å². The lowest BCUT2D eigenvalue weighted by molar-refractivity contribution is -0.139.